The monoisotopic (exact) mass is 244 g/mol. The molecule has 1 unspecified atom stereocenters. The summed E-state index contributed by atoms with van der Waals surface area (Å²) < 4.78 is 15.2. The summed E-state index contributed by atoms with van der Waals surface area (Å²) in [6.45, 7) is 3.06. The molecule has 0 N–H and O–H groups in total. The quantitative estimate of drug-likeness (QED) is 0.395. The van der Waals surface area contributed by atoms with Gasteiger partial charge in [-0.2, -0.15) is 0 Å². The van der Waals surface area contributed by atoms with Gasteiger partial charge in [-0.25, -0.2) is 0 Å². The highest BCUT2D eigenvalue weighted by atomic mass is 16.5. The second kappa shape index (κ2) is 6.71. The molecule has 0 aromatic heterocycles. The fraction of sp³-hybridized carbons (Fsp3) is 0.833. The van der Waals surface area contributed by atoms with Crippen LogP contribution in [-0.2, 0) is 23.8 Å². The molecule has 1 heterocycles. The number of carbonyl (C=O) groups excluding carboxylic acids is 2. The Morgan fingerprint density at radius 3 is 2.88 bits per heavy atom. The lowest BCUT2D eigenvalue weighted by molar-refractivity contribution is -0.170. The third-order valence-corrected chi connectivity index (χ3v) is 2.97. The van der Waals surface area contributed by atoms with Gasteiger partial charge in [-0.3, -0.25) is 9.59 Å². The van der Waals surface area contributed by atoms with E-state index in [1.165, 1.54) is 0 Å². The van der Waals surface area contributed by atoms with Crippen molar-refractivity contribution in [2.75, 3.05) is 33.5 Å². The predicted molar refractivity (Wildman–Crippen MR) is 60.6 cm³/mol. The number of Topliss-reactive ketones (excluding diaryl/α,β-unsaturated/α-hetero) is 1. The van der Waals surface area contributed by atoms with Crippen molar-refractivity contribution in [3.8, 4) is 0 Å². The summed E-state index contributed by atoms with van der Waals surface area (Å²) in [7, 11) is 1.59. The van der Waals surface area contributed by atoms with Crippen LogP contribution < -0.4 is 0 Å². The van der Waals surface area contributed by atoms with Gasteiger partial charge in [0.25, 0.3) is 0 Å². The summed E-state index contributed by atoms with van der Waals surface area (Å²) in [6.07, 6.45) is 1.36. The summed E-state index contributed by atoms with van der Waals surface area (Å²) in [5.41, 5.74) is -1.10. The molecule has 0 radical (unpaired) electrons. The summed E-state index contributed by atoms with van der Waals surface area (Å²) in [5, 5.41) is 0. The van der Waals surface area contributed by atoms with E-state index in [2.05, 4.69) is 0 Å². The van der Waals surface area contributed by atoms with Crippen LogP contribution in [-0.4, -0.2) is 45.3 Å². The van der Waals surface area contributed by atoms with Gasteiger partial charge in [-0.1, -0.05) is 0 Å². The maximum atomic E-state index is 12.0. The summed E-state index contributed by atoms with van der Waals surface area (Å²) in [5.74, 6) is -0.529. The van der Waals surface area contributed by atoms with Crippen molar-refractivity contribution in [2.45, 2.75) is 26.2 Å². The average molecular weight is 244 g/mol. The molecular weight excluding hydrogens is 224 g/mol. The molecule has 0 aliphatic carbocycles. The van der Waals surface area contributed by atoms with Gasteiger partial charge in [0.05, 0.1) is 19.8 Å². The van der Waals surface area contributed by atoms with Gasteiger partial charge in [0, 0.05) is 20.1 Å². The number of hydrogen-bond acceptors (Lipinski definition) is 5. The van der Waals surface area contributed by atoms with Crippen LogP contribution in [0.25, 0.3) is 0 Å². The van der Waals surface area contributed by atoms with Crippen LogP contribution in [0.1, 0.15) is 26.2 Å². The first-order chi connectivity index (χ1) is 8.17. The molecule has 5 nitrogen and oxygen atoms in total. The molecule has 1 fully saturated rings. The molecule has 0 spiro atoms. The molecule has 0 aromatic carbocycles. The Hall–Kier alpha value is -0.940. The minimum absolute atomic E-state index is 0.0710. The number of rotatable bonds is 6. The summed E-state index contributed by atoms with van der Waals surface area (Å²) in [4.78, 5) is 24.0. The van der Waals surface area contributed by atoms with E-state index in [0.717, 1.165) is 0 Å². The third kappa shape index (κ3) is 3.26. The Bertz CT molecular complexity index is 276. The lowest BCUT2D eigenvalue weighted by Crippen LogP contribution is -2.48. The van der Waals surface area contributed by atoms with Gasteiger partial charge < -0.3 is 14.2 Å². The molecule has 1 aliphatic heterocycles. The van der Waals surface area contributed by atoms with Crippen LogP contribution >= 0.6 is 0 Å². The molecule has 0 amide bonds. The summed E-state index contributed by atoms with van der Waals surface area (Å²) >= 11 is 0. The van der Waals surface area contributed by atoms with Crippen molar-refractivity contribution in [2.24, 2.45) is 5.41 Å². The Morgan fingerprint density at radius 1 is 1.53 bits per heavy atom. The zero-order valence-corrected chi connectivity index (χ0v) is 10.5. The molecule has 0 bridgehead atoms. The zero-order valence-electron chi connectivity index (χ0n) is 10.5. The maximum absolute atomic E-state index is 12.0. The highest BCUT2D eigenvalue weighted by Gasteiger charge is 2.48. The van der Waals surface area contributed by atoms with Crippen molar-refractivity contribution < 1.29 is 23.8 Å². The number of hydrogen-bond donors (Lipinski definition) is 0. The number of ketones is 1. The molecule has 17 heavy (non-hydrogen) atoms. The molecule has 1 saturated heterocycles. The van der Waals surface area contributed by atoms with Crippen LogP contribution in [0.3, 0.4) is 0 Å². The normalized spacial score (nSPS) is 24.7. The van der Waals surface area contributed by atoms with E-state index in [9.17, 15) is 9.59 Å². The van der Waals surface area contributed by atoms with Crippen molar-refractivity contribution in [1.29, 1.82) is 0 Å². The average Bonchev–Trinajstić information content (AvgIpc) is 2.32. The van der Waals surface area contributed by atoms with Gasteiger partial charge in [0.15, 0.2) is 5.78 Å². The van der Waals surface area contributed by atoms with E-state index >= 15 is 0 Å². The SMILES string of the molecule is CCOC(=O)C1(CCCOC)COCCC1=O. The minimum Gasteiger partial charge on any atom is -0.465 e. The fourth-order valence-electron chi connectivity index (χ4n) is 2.00. The molecule has 1 atom stereocenters. The van der Waals surface area contributed by atoms with Crippen LogP contribution in [0, 0.1) is 5.41 Å². The van der Waals surface area contributed by atoms with Gasteiger partial charge in [-0.05, 0) is 19.8 Å². The fourth-order valence-corrected chi connectivity index (χ4v) is 2.00. The first-order valence-corrected chi connectivity index (χ1v) is 5.94. The minimum atomic E-state index is -1.10. The Balaban J connectivity index is 2.74. The Labute approximate surface area is 101 Å². The first-order valence-electron chi connectivity index (χ1n) is 5.94. The van der Waals surface area contributed by atoms with E-state index < -0.39 is 11.4 Å². The van der Waals surface area contributed by atoms with E-state index in [1.807, 2.05) is 0 Å². The van der Waals surface area contributed by atoms with E-state index in [4.69, 9.17) is 14.2 Å². The predicted octanol–water partition coefficient (Wildman–Crippen LogP) is 0.952. The molecule has 0 aromatic rings. The molecule has 5 heteroatoms. The lowest BCUT2D eigenvalue weighted by Gasteiger charge is -2.33. The van der Waals surface area contributed by atoms with Gasteiger partial charge in [0.1, 0.15) is 5.41 Å². The third-order valence-electron chi connectivity index (χ3n) is 2.97. The number of ether oxygens (including phenoxy) is 3. The first kappa shape index (κ1) is 14.1. The number of carbonyl (C=O) groups is 2. The molecule has 98 valence electrons. The van der Waals surface area contributed by atoms with E-state index in [1.54, 1.807) is 14.0 Å². The van der Waals surface area contributed by atoms with Crippen molar-refractivity contribution in [1.82, 2.24) is 0 Å². The Morgan fingerprint density at radius 2 is 2.29 bits per heavy atom. The molecule has 1 rings (SSSR count). The van der Waals surface area contributed by atoms with Crippen LogP contribution in [0.5, 0.6) is 0 Å². The molecular formula is C12H20O5. The molecule has 0 saturated carbocycles. The van der Waals surface area contributed by atoms with Gasteiger partial charge >= 0.3 is 5.97 Å². The van der Waals surface area contributed by atoms with E-state index in [0.29, 0.717) is 26.1 Å². The lowest BCUT2D eigenvalue weighted by atomic mass is 9.77. The number of esters is 1. The van der Waals surface area contributed by atoms with Crippen LogP contribution in [0.2, 0.25) is 0 Å². The topological polar surface area (TPSA) is 61.8 Å². The zero-order chi connectivity index (χ0) is 12.7. The Kier molecular flexibility index (Phi) is 5.58. The van der Waals surface area contributed by atoms with Crippen molar-refractivity contribution in [3.05, 3.63) is 0 Å². The van der Waals surface area contributed by atoms with Crippen molar-refractivity contribution in [3.63, 3.8) is 0 Å². The maximum Gasteiger partial charge on any atom is 0.322 e. The second-order valence-corrected chi connectivity index (χ2v) is 4.12. The van der Waals surface area contributed by atoms with Crippen molar-refractivity contribution >= 4 is 11.8 Å². The van der Waals surface area contributed by atoms with Gasteiger partial charge in [0.2, 0.25) is 0 Å². The second-order valence-electron chi connectivity index (χ2n) is 4.12. The highest BCUT2D eigenvalue weighted by Crippen LogP contribution is 2.32. The number of methoxy groups -OCH3 is 1. The van der Waals surface area contributed by atoms with Crippen LogP contribution in [0.15, 0.2) is 0 Å². The van der Waals surface area contributed by atoms with E-state index in [-0.39, 0.29) is 25.4 Å². The highest BCUT2D eigenvalue weighted by molar-refractivity contribution is 6.04. The molecule has 1 aliphatic rings. The van der Waals surface area contributed by atoms with Gasteiger partial charge in [-0.15, -0.1) is 0 Å². The summed E-state index contributed by atoms with van der Waals surface area (Å²) in [6, 6.07) is 0. The van der Waals surface area contributed by atoms with Crippen LogP contribution in [0.4, 0.5) is 0 Å². The largest absolute Gasteiger partial charge is 0.465 e. The standard InChI is InChI=1S/C12H20O5/c1-3-17-11(14)12(6-4-7-15-2)9-16-8-5-10(12)13/h3-9H2,1-2H3. The smallest absolute Gasteiger partial charge is 0.322 e.